The number of hydrogen-bond acceptors (Lipinski definition) is 3. The minimum Gasteiger partial charge on any atom is -0.369 e. The first kappa shape index (κ1) is 13.1. The predicted octanol–water partition coefficient (Wildman–Crippen LogP) is 1.77. The van der Waals surface area contributed by atoms with Gasteiger partial charge in [-0.05, 0) is 48.8 Å². The van der Waals surface area contributed by atoms with Crippen LogP contribution in [0, 0.1) is 5.82 Å². The van der Waals surface area contributed by atoms with Crippen molar-refractivity contribution in [3.05, 3.63) is 35.3 Å². The van der Waals surface area contributed by atoms with Gasteiger partial charge >= 0.3 is 0 Å². The molecule has 6 heteroatoms. The van der Waals surface area contributed by atoms with Gasteiger partial charge in [0.15, 0.2) is 5.11 Å². The molecular formula is C14H14FN3OS. The minimum absolute atomic E-state index is 0.262. The van der Waals surface area contributed by atoms with E-state index in [-0.39, 0.29) is 16.8 Å². The van der Waals surface area contributed by atoms with Gasteiger partial charge in [-0.15, -0.1) is 0 Å². The molecule has 20 heavy (non-hydrogen) atoms. The van der Waals surface area contributed by atoms with Crippen LogP contribution in [-0.2, 0) is 4.79 Å². The maximum atomic E-state index is 14.1. The summed E-state index contributed by atoms with van der Waals surface area (Å²) in [5.41, 5.74) is 1.60. The van der Waals surface area contributed by atoms with Crippen LogP contribution in [0.4, 0.5) is 10.1 Å². The van der Waals surface area contributed by atoms with Gasteiger partial charge in [-0.3, -0.25) is 10.1 Å². The molecule has 2 aliphatic rings. The first-order valence-electron chi connectivity index (χ1n) is 6.52. The lowest BCUT2D eigenvalue weighted by atomic mass is 10.1. The van der Waals surface area contributed by atoms with Crippen molar-refractivity contribution < 1.29 is 9.18 Å². The van der Waals surface area contributed by atoms with Gasteiger partial charge in [0.25, 0.3) is 5.91 Å². The van der Waals surface area contributed by atoms with Crippen LogP contribution >= 0.6 is 12.2 Å². The summed E-state index contributed by atoms with van der Waals surface area (Å²) < 4.78 is 14.1. The summed E-state index contributed by atoms with van der Waals surface area (Å²) in [4.78, 5) is 13.6. The Morgan fingerprint density at radius 2 is 2.00 bits per heavy atom. The Morgan fingerprint density at radius 3 is 2.60 bits per heavy atom. The van der Waals surface area contributed by atoms with E-state index in [0.717, 1.165) is 25.9 Å². The number of halogens is 1. The molecule has 2 saturated heterocycles. The molecule has 2 aliphatic heterocycles. The van der Waals surface area contributed by atoms with Crippen LogP contribution in [-0.4, -0.2) is 24.1 Å². The topological polar surface area (TPSA) is 44.4 Å². The van der Waals surface area contributed by atoms with Crippen molar-refractivity contribution >= 4 is 35.0 Å². The average Bonchev–Trinajstić information content (AvgIpc) is 3.00. The zero-order valence-corrected chi connectivity index (χ0v) is 11.6. The molecule has 0 unspecified atom stereocenters. The third-order valence-electron chi connectivity index (χ3n) is 3.45. The fourth-order valence-electron chi connectivity index (χ4n) is 2.48. The van der Waals surface area contributed by atoms with Gasteiger partial charge in [0, 0.05) is 13.1 Å². The molecule has 1 amide bonds. The van der Waals surface area contributed by atoms with Crippen molar-refractivity contribution in [1.29, 1.82) is 0 Å². The summed E-state index contributed by atoms with van der Waals surface area (Å²) in [7, 11) is 0. The predicted molar refractivity (Wildman–Crippen MR) is 79.7 cm³/mol. The minimum atomic E-state index is -0.293. The van der Waals surface area contributed by atoms with Crippen molar-refractivity contribution in [2.45, 2.75) is 12.8 Å². The van der Waals surface area contributed by atoms with E-state index < -0.39 is 0 Å². The van der Waals surface area contributed by atoms with Gasteiger partial charge in [-0.1, -0.05) is 6.07 Å². The van der Waals surface area contributed by atoms with E-state index in [1.807, 2.05) is 4.90 Å². The van der Waals surface area contributed by atoms with E-state index in [1.165, 1.54) is 6.07 Å². The molecule has 0 atom stereocenters. The maximum Gasteiger partial charge on any atom is 0.273 e. The Balaban J connectivity index is 1.85. The highest BCUT2D eigenvalue weighted by Gasteiger charge is 2.20. The summed E-state index contributed by atoms with van der Waals surface area (Å²) in [6.45, 7) is 1.80. The number of nitrogens with zero attached hydrogens (tertiary/aromatic N) is 1. The number of benzene rings is 1. The molecule has 4 nitrogen and oxygen atoms in total. The molecule has 104 valence electrons. The molecule has 0 saturated carbocycles. The number of nitrogens with one attached hydrogen (secondary N) is 2. The maximum absolute atomic E-state index is 14.1. The van der Waals surface area contributed by atoms with Crippen LogP contribution in [0.25, 0.3) is 6.08 Å². The van der Waals surface area contributed by atoms with Crippen LogP contribution < -0.4 is 15.5 Å². The van der Waals surface area contributed by atoms with Gasteiger partial charge in [0.2, 0.25) is 0 Å². The molecule has 2 fully saturated rings. The highest BCUT2D eigenvalue weighted by atomic mass is 32.1. The van der Waals surface area contributed by atoms with Gasteiger partial charge in [-0.25, -0.2) is 4.39 Å². The number of hydrogen-bond donors (Lipinski definition) is 2. The second kappa shape index (κ2) is 5.20. The summed E-state index contributed by atoms with van der Waals surface area (Å²) in [5.74, 6) is -0.554. The van der Waals surface area contributed by atoms with Gasteiger partial charge < -0.3 is 10.2 Å². The highest BCUT2D eigenvalue weighted by Crippen LogP contribution is 2.25. The van der Waals surface area contributed by atoms with Gasteiger partial charge in [-0.2, -0.15) is 0 Å². The van der Waals surface area contributed by atoms with Crippen molar-refractivity contribution in [2.75, 3.05) is 18.0 Å². The molecule has 2 heterocycles. The van der Waals surface area contributed by atoms with E-state index in [2.05, 4.69) is 10.6 Å². The average molecular weight is 291 g/mol. The van der Waals surface area contributed by atoms with E-state index in [9.17, 15) is 9.18 Å². The van der Waals surface area contributed by atoms with E-state index in [1.54, 1.807) is 18.2 Å². The molecule has 1 aromatic rings. The number of carbonyl (C=O) groups excluding carboxylic acids is 1. The zero-order chi connectivity index (χ0) is 14.1. The third kappa shape index (κ3) is 2.51. The zero-order valence-electron chi connectivity index (χ0n) is 10.8. The second-order valence-electron chi connectivity index (χ2n) is 4.87. The summed E-state index contributed by atoms with van der Waals surface area (Å²) in [6.07, 6.45) is 3.80. The van der Waals surface area contributed by atoms with Crippen molar-refractivity contribution in [2.24, 2.45) is 0 Å². The van der Waals surface area contributed by atoms with Crippen LogP contribution in [0.5, 0.6) is 0 Å². The smallest absolute Gasteiger partial charge is 0.273 e. The monoisotopic (exact) mass is 291 g/mol. The molecular weight excluding hydrogens is 277 g/mol. The summed E-state index contributed by atoms with van der Waals surface area (Å²) in [5, 5.41) is 5.48. The molecule has 0 aromatic heterocycles. The Bertz CT molecular complexity index is 608. The summed E-state index contributed by atoms with van der Waals surface area (Å²) in [6, 6.07) is 5.01. The lowest BCUT2D eigenvalue weighted by Gasteiger charge is -2.18. The number of amides is 1. The number of anilines is 1. The Kier molecular flexibility index (Phi) is 3.40. The van der Waals surface area contributed by atoms with Crippen molar-refractivity contribution in [1.82, 2.24) is 10.6 Å². The summed E-state index contributed by atoms with van der Waals surface area (Å²) >= 11 is 4.84. The molecule has 3 rings (SSSR count). The fraction of sp³-hybridized carbons (Fsp3) is 0.286. The van der Waals surface area contributed by atoms with E-state index >= 15 is 0 Å². The van der Waals surface area contributed by atoms with Crippen molar-refractivity contribution in [3.63, 3.8) is 0 Å². The van der Waals surface area contributed by atoms with Crippen LogP contribution in [0.1, 0.15) is 18.4 Å². The van der Waals surface area contributed by atoms with Crippen LogP contribution in [0.15, 0.2) is 23.9 Å². The Hall–Kier alpha value is -1.95. The standard InChI is InChI=1S/C14H14FN3OS/c15-10-7-9(8-11-13(19)17-14(20)16-11)3-4-12(10)18-5-1-2-6-18/h3-4,7-8H,1-2,5-6H2,(H2,16,17,19,20)/b11-8-. The van der Waals surface area contributed by atoms with Crippen LogP contribution in [0.2, 0.25) is 0 Å². The Labute approximate surface area is 121 Å². The Morgan fingerprint density at radius 1 is 1.25 bits per heavy atom. The van der Waals surface area contributed by atoms with Crippen molar-refractivity contribution in [3.8, 4) is 0 Å². The normalized spacial score (nSPS) is 20.4. The lowest BCUT2D eigenvalue weighted by Crippen LogP contribution is -2.21. The number of rotatable bonds is 2. The fourth-order valence-corrected chi connectivity index (χ4v) is 2.68. The van der Waals surface area contributed by atoms with Gasteiger partial charge in [0.05, 0.1) is 5.69 Å². The first-order chi connectivity index (χ1) is 9.63. The number of thiocarbonyl (C=S) groups is 1. The van der Waals surface area contributed by atoms with E-state index in [4.69, 9.17) is 12.2 Å². The lowest BCUT2D eigenvalue weighted by molar-refractivity contribution is -0.115. The first-order valence-corrected chi connectivity index (χ1v) is 6.93. The van der Waals surface area contributed by atoms with E-state index in [0.29, 0.717) is 16.9 Å². The third-order valence-corrected chi connectivity index (χ3v) is 3.65. The molecule has 0 bridgehead atoms. The largest absolute Gasteiger partial charge is 0.369 e. The van der Waals surface area contributed by atoms with Crippen LogP contribution in [0.3, 0.4) is 0 Å². The highest BCUT2D eigenvalue weighted by molar-refractivity contribution is 7.80. The molecule has 0 spiro atoms. The quantitative estimate of drug-likeness (QED) is 0.644. The second-order valence-corrected chi connectivity index (χ2v) is 5.28. The molecule has 1 aromatic carbocycles. The SMILES string of the molecule is O=C1NC(=S)N/C1=C\c1ccc(N2CCCC2)c(F)c1. The molecule has 2 N–H and O–H groups in total. The molecule has 0 radical (unpaired) electrons. The molecule has 0 aliphatic carbocycles. The van der Waals surface area contributed by atoms with Gasteiger partial charge in [0.1, 0.15) is 11.5 Å². The number of carbonyl (C=O) groups is 1.